The molecule has 0 bridgehead atoms. The molecule has 1 saturated heterocycles. The Morgan fingerprint density at radius 1 is 1.03 bits per heavy atom. The molecule has 34 heavy (non-hydrogen) atoms. The first-order chi connectivity index (χ1) is 16.4. The Labute approximate surface area is 200 Å². The molecule has 0 aromatic heterocycles. The highest BCUT2D eigenvalue weighted by atomic mass is 32.2. The molecule has 1 heterocycles. The standard InChI is InChI=1S/C26H21FN2O4S/c1-17-6-8-19(9-7-17)16-33-20-12-10-18(11-13-20)14-23-25(31)29(26(32)34-23)15-24(30)28-22-5-3-2-4-21(22)27/h2-14H,15-16H2,1H3,(H,28,30)/b23-14-. The van der Waals surface area contributed by atoms with E-state index in [0.29, 0.717) is 17.9 Å². The van der Waals surface area contributed by atoms with Crippen molar-refractivity contribution in [1.82, 2.24) is 4.90 Å². The second-order valence-electron chi connectivity index (χ2n) is 7.64. The normalized spacial score (nSPS) is 14.5. The Balaban J connectivity index is 1.36. The fourth-order valence-electron chi connectivity index (χ4n) is 3.19. The van der Waals surface area contributed by atoms with Gasteiger partial charge in [-0.25, -0.2) is 4.39 Å². The van der Waals surface area contributed by atoms with Gasteiger partial charge in [-0.1, -0.05) is 54.1 Å². The average Bonchev–Trinajstić information content (AvgIpc) is 3.08. The van der Waals surface area contributed by atoms with Crippen molar-refractivity contribution in [3.05, 3.63) is 100 Å². The van der Waals surface area contributed by atoms with E-state index in [-0.39, 0.29) is 10.6 Å². The number of hydrogen-bond acceptors (Lipinski definition) is 5. The van der Waals surface area contributed by atoms with Crippen LogP contribution in [-0.2, 0) is 16.2 Å². The predicted molar refractivity (Wildman–Crippen MR) is 130 cm³/mol. The van der Waals surface area contributed by atoms with E-state index in [1.807, 2.05) is 31.2 Å². The van der Waals surface area contributed by atoms with Crippen molar-refractivity contribution in [2.75, 3.05) is 11.9 Å². The summed E-state index contributed by atoms with van der Waals surface area (Å²) in [6.45, 7) is 1.97. The minimum absolute atomic E-state index is 0.0142. The van der Waals surface area contributed by atoms with Crippen LogP contribution in [0.25, 0.3) is 6.08 Å². The Hall–Kier alpha value is -3.91. The van der Waals surface area contributed by atoms with Crippen molar-refractivity contribution in [3.8, 4) is 5.75 Å². The van der Waals surface area contributed by atoms with E-state index >= 15 is 0 Å². The molecule has 1 aliphatic rings. The summed E-state index contributed by atoms with van der Waals surface area (Å²) in [6.07, 6.45) is 1.59. The number of nitrogens with one attached hydrogen (secondary N) is 1. The molecule has 1 aliphatic heterocycles. The molecule has 0 atom stereocenters. The van der Waals surface area contributed by atoms with E-state index in [2.05, 4.69) is 5.32 Å². The number of benzene rings is 3. The zero-order valence-electron chi connectivity index (χ0n) is 18.3. The summed E-state index contributed by atoms with van der Waals surface area (Å²) >= 11 is 0.754. The van der Waals surface area contributed by atoms with Gasteiger partial charge >= 0.3 is 0 Å². The van der Waals surface area contributed by atoms with E-state index in [1.165, 1.54) is 23.8 Å². The number of anilines is 1. The Bertz CT molecular complexity index is 1260. The van der Waals surface area contributed by atoms with Crippen molar-refractivity contribution in [2.45, 2.75) is 13.5 Å². The molecule has 3 aromatic rings. The maximum atomic E-state index is 13.7. The number of rotatable bonds is 7. The molecule has 8 heteroatoms. The molecular formula is C26H21FN2O4S. The first kappa shape index (κ1) is 23.3. The van der Waals surface area contributed by atoms with Gasteiger partial charge in [0.25, 0.3) is 11.1 Å². The highest BCUT2D eigenvalue weighted by Crippen LogP contribution is 2.32. The van der Waals surface area contributed by atoms with Gasteiger partial charge in [-0.2, -0.15) is 0 Å². The first-order valence-corrected chi connectivity index (χ1v) is 11.3. The zero-order valence-corrected chi connectivity index (χ0v) is 19.1. The van der Waals surface area contributed by atoms with Crippen LogP contribution in [-0.4, -0.2) is 28.5 Å². The largest absolute Gasteiger partial charge is 0.489 e. The lowest BCUT2D eigenvalue weighted by Gasteiger charge is -2.12. The van der Waals surface area contributed by atoms with E-state index < -0.39 is 29.4 Å². The minimum Gasteiger partial charge on any atom is -0.489 e. The molecule has 0 aliphatic carbocycles. The fraction of sp³-hybridized carbons (Fsp3) is 0.115. The minimum atomic E-state index is -0.663. The van der Waals surface area contributed by atoms with Gasteiger partial charge < -0.3 is 10.1 Å². The number of imide groups is 1. The van der Waals surface area contributed by atoms with Crippen molar-refractivity contribution in [3.63, 3.8) is 0 Å². The topological polar surface area (TPSA) is 75.7 Å². The van der Waals surface area contributed by atoms with Crippen LogP contribution in [0.5, 0.6) is 5.75 Å². The first-order valence-electron chi connectivity index (χ1n) is 10.5. The summed E-state index contributed by atoms with van der Waals surface area (Å²) < 4.78 is 19.5. The number of hydrogen-bond donors (Lipinski definition) is 1. The highest BCUT2D eigenvalue weighted by molar-refractivity contribution is 8.18. The lowest BCUT2D eigenvalue weighted by molar-refractivity contribution is -0.127. The number of carbonyl (C=O) groups is 3. The molecule has 1 N–H and O–H groups in total. The summed E-state index contributed by atoms with van der Waals surface area (Å²) in [7, 11) is 0. The summed E-state index contributed by atoms with van der Waals surface area (Å²) in [5, 5.41) is 1.82. The summed E-state index contributed by atoms with van der Waals surface area (Å²) in [4.78, 5) is 38.2. The molecule has 172 valence electrons. The Morgan fingerprint density at radius 2 is 1.74 bits per heavy atom. The van der Waals surface area contributed by atoms with Gasteiger partial charge in [0.15, 0.2) is 0 Å². The SMILES string of the molecule is Cc1ccc(COc2ccc(/C=C3\SC(=O)N(CC(=O)Nc4ccccc4F)C3=O)cc2)cc1. The molecule has 0 radical (unpaired) electrons. The third-order valence-corrected chi connectivity index (χ3v) is 5.93. The van der Waals surface area contributed by atoms with Crippen LogP contribution in [0.4, 0.5) is 14.9 Å². The third kappa shape index (κ3) is 5.71. The van der Waals surface area contributed by atoms with Crippen molar-refractivity contribution in [2.24, 2.45) is 0 Å². The fourth-order valence-corrected chi connectivity index (χ4v) is 4.03. The molecule has 6 nitrogen and oxygen atoms in total. The average molecular weight is 477 g/mol. The Kier molecular flexibility index (Phi) is 7.08. The molecule has 0 saturated carbocycles. The van der Waals surface area contributed by atoms with Crippen molar-refractivity contribution >= 4 is 40.6 Å². The molecule has 3 aromatic carbocycles. The van der Waals surface area contributed by atoms with Gasteiger partial charge in [-0.3, -0.25) is 19.3 Å². The zero-order chi connectivity index (χ0) is 24.1. The van der Waals surface area contributed by atoms with Crippen molar-refractivity contribution < 1.29 is 23.5 Å². The van der Waals surface area contributed by atoms with Gasteiger partial charge in [0, 0.05) is 0 Å². The maximum absolute atomic E-state index is 13.7. The molecule has 0 unspecified atom stereocenters. The number of para-hydroxylation sites is 1. The van der Waals surface area contributed by atoms with Crippen LogP contribution < -0.4 is 10.1 Å². The monoisotopic (exact) mass is 476 g/mol. The van der Waals surface area contributed by atoms with E-state index in [4.69, 9.17) is 4.74 Å². The van der Waals surface area contributed by atoms with Crippen molar-refractivity contribution in [1.29, 1.82) is 0 Å². The van der Waals surface area contributed by atoms with E-state index in [9.17, 15) is 18.8 Å². The molecule has 3 amide bonds. The lowest BCUT2D eigenvalue weighted by atomic mass is 10.1. The van der Waals surface area contributed by atoms with Gasteiger partial charge in [-0.05, 0) is 60.2 Å². The number of thioether (sulfide) groups is 1. The second-order valence-corrected chi connectivity index (χ2v) is 8.63. The van der Waals surface area contributed by atoms with Gasteiger partial charge in [0.05, 0.1) is 10.6 Å². The van der Waals surface area contributed by atoms with Gasteiger partial charge in [-0.15, -0.1) is 0 Å². The Morgan fingerprint density at radius 3 is 2.44 bits per heavy atom. The molecule has 1 fully saturated rings. The van der Waals surface area contributed by atoms with Crippen LogP contribution >= 0.6 is 11.8 Å². The van der Waals surface area contributed by atoms with Crippen LogP contribution in [0.3, 0.4) is 0 Å². The number of ether oxygens (including phenoxy) is 1. The van der Waals surface area contributed by atoms with Crippen LogP contribution in [0.1, 0.15) is 16.7 Å². The third-order valence-electron chi connectivity index (χ3n) is 5.03. The number of halogens is 1. The maximum Gasteiger partial charge on any atom is 0.294 e. The molecular weight excluding hydrogens is 455 g/mol. The lowest BCUT2D eigenvalue weighted by Crippen LogP contribution is -2.36. The molecule has 0 spiro atoms. The number of nitrogens with zero attached hydrogens (tertiary/aromatic N) is 1. The number of amides is 3. The predicted octanol–water partition coefficient (Wildman–Crippen LogP) is 5.39. The van der Waals surface area contributed by atoms with Crippen LogP contribution in [0.2, 0.25) is 0 Å². The van der Waals surface area contributed by atoms with E-state index in [0.717, 1.165) is 22.2 Å². The number of carbonyl (C=O) groups excluding carboxylic acids is 3. The quantitative estimate of drug-likeness (QED) is 0.463. The van der Waals surface area contributed by atoms with Crippen LogP contribution in [0, 0.1) is 12.7 Å². The van der Waals surface area contributed by atoms with Gasteiger partial charge in [0.1, 0.15) is 24.7 Å². The van der Waals surface area contributed by atoms with E-state index in [1.54, 1.807) is 36.4 Å². The van der Waals surface area contributed by atoms with Gasteiger partial charge in [0.2, 0.25) is 5.91 Å². The highest BCUT2D eigenvalue weighted by Gasteiger charge is 2.36. The second kappa shape index (κ2) is 10.4. The smallest absolute Gasteiger partial charge is 0.294 e. The van der Waals surface area contributed by atoms with Crippen LogP contribution in [0.15, 0.2) is 77.7 Å². The summed E-state index contributed by atoms with van der Waals surface area (Å²) in [5.41, 5.74) is 2.94. The summed E-state index contributed by atoms with van der Waals surface area (Å²) in [5.74, 6) is -1.16. The number of aryl methyl sites for hydroxylation is 1. The molecule has 4 rings (SSSR count). The summed E-state index contributed by atoms with van der Waals surface area (Å²) in [6, 6.07) is 20.9.